The lowest BCUT2D eigenvalue weighted by Gasteiger charge is -2.07. The molecule has 0 spiro atoms. The van der Waals surface area contributed by atoms with Gasteiger partial charge in [-0.3, -0.25) is 9.59 Å². The van der Waals surface area contributed by atoms with Gasteiger partial charge in [0.05, 0.1) is 11.8 Å². The minimum atomic E-state index is -0.0880. The maximum atomic E-state index is 11.7. The predicted molar refractivity (Wildman–Crippen MR) is 72.0 cm³/mol. The van der Waals surface area contributed by atoms with Crippen LogP contribution in [0.3, 0.4) is 0 Å². The van der Waals surface area contributed by atoms with Gasteiger partial charge in [0.15, 0.2) is 0 Å². The van der Waals surface area contributed by atoms with Crippen LogP contribution in [0.15, 0.2) is 0 Å². The molecule has 1 aliphatic rings. The van der Waals surface area contributed by atoms with Crippen molar-refractivity contribution in [1.29, 1.82) is 0 Å². The van der Waals surface area contributed by atoms with Gasteiger partial charge in [0.25, 0.3) is 0 Å². The average Bonchev–Trinajstić information content (AvgIpc) is 3.11. The summed E-state index contributed by atoms with van der Waals surface area (Å²) in [7, 11) is 0. The van der Waals surface area contributed by atoms with Gasteiger partial charge in [-0.1, -0.05) is 33.6 Å². The maximum Gasteiger partial charge on any atom is 0.223 e. The monoisotopic (exact) mass is 254 g/mol. The van der Waals surface area contributed by atoms with E-state index in [2.05, 4.69) is 31.4 Å². The van der Waals surface area contributed by atoms with Gasteiger partial charge in [-0.15, -0.1) is 0 Å². The number of hydrogen-bond acceptors (Lipinski definition) is 2. The minimum absolute atomic E-state index is 0.0393. The van der Waals surface area contributed by atoms with Crippen LogP contribution in [0.4, 0.5) is 0 Å². The topological polar surface area (TPSA) is 58.2 Å². The van der Waals surface area contributed by atoms with E-state index in [1.165, 1.54) is 0 Å². The van der Waals surface area contributed by atoms with Crippen molar-refractivity contribution in [3.05, 3.63) is 0 Å². The first-order valence-corrected chi connectivity index (χ1v) is 7.11. The lowest BCUT2D eigenvalue weighted by molar-refractivity contribution is -0.127. The molecule has 0 aliphatic heterocycles. The van der Waals surface area contributed by atoms with Crippen molar-refractivity contribution in [3.63, 3.8) is 0 Å². The molecule has 0 aromatic carbocycles. The average molecular weight is 254 g/mol. The van der Waals surface area contributed by atoms with Gasteiger partial charge in [-0.05, 0) is 18.8 Å². The second-order valence-electron chi connectivity index (χ2n) is 5.59. The minimum Gasteiger partial charge on any atom is -0.356 e. The van der Waals surface area contributed by atoms with E-state index in [1.807, 2.05) is 0 Å². The van der Waals surface area contributed by atoms with Crippen molar-refractivity contribution in [3.8, 4) is 0 Å². The Hall–Kier alpha value is -1.06. The molecule has 2 unspecified atom stereocenters. The van der Waals surface area contributed by atoms with E-state index in [4.69, 9.17) is 0 Å². The number of nitrogens with one attached hydrogen (secondary N) is 2. The molecule has 4 nitrogen and oxygen atoms in total. The van der Waals surface area contributed by atoms with E-state index in [0.717, 1.165) is 25.8 Å². The van der Waals surface area contributed by atoms with Crippen LogP contribution in [0.2, 0.25) is 0 Å². The fourth-order valence-corrected chi connectivity index (χ4v) is 1.93. The number of hydrogen-bond donors (Lipinski definition) is 2. The summed E-state index contributed by atoms with van der Waals surface area (Å²) in [6, 6.07) is 0. The number of amides is 2. The lowest BCUT2D eigenvalue weighted by Crippen LogP contribution is -2.32. The van der Waals surface area contributed by atoms with Gasteiger partial charge >= 0.3 is 0 Å². The Balaban J connectivity index is 2.14. The van der Waals surface area contributed by atoms with Gasteiger partial charge in [0.2, 0.25) is 11.8 Å². The summed E-state index contributed by atoms with van der Waals surface area (Å²) in [4.78, 5) is 23.4. The Bertz CT molecular complexity index is 290. The van der Waals surface area contributed by atoms with E-state index in [9.17, 15) is 9.59 Å². The van der Waals surface area contributed by atoms with Gasteiger partial charge in [0.1, 0.15) is 0 Å². The summed E-state index contributed by atoms with van der Waals surface area (Å²) in [6.45, 7) is 7.69. The van der Waals surface area contributed by atoms with Crippen molar-refractivity contribution in [2.24, 2.45) is 17.8 Å². The largest absolute Gasteiger partial charge is 0.356 e. The normalized spacial score (nSPS) is 21.8. The Kier molecular flexibility index (Phi) is 6.16. The summed E-state index contributed by atoms with van der Waals surface area (Å²) >= 11 is 0. The van der Waals surface area contributed by atoms with Crippen LogP contribution >= 0.6 is 0 Å². The van der Waals surface area contributed by atoms with E-state index in [-0.39, 0.29) is 23.7 Å². The first-order valence-electron chi connectivity index (χ1n) is 7.11. The molecule has 0 aromatic rings. The van der Waals surface area contributed by atoms with E-state index in [0.29, 0.717) is 18.9 Å². The second kappa shape index (κ2) is 7.39. The number of carbonyl (C=O) groups is 2. The van der Waals surface area contributed by atoms with E-state index in [1.54, 1.807) is 0 Å². The summed E-state index contributed by atoms with van der Waals surface area (Å²) in [5.74, 6) is 0.371. The molecule has 0 bridgehead atoms. The third-order valence-corrected chi connectivity index (χ3v) is 3.23. The van der Waals surface area contributed by atoms with Crippen LogP contribution in [0.1, 0.15) is 46.5 Å². The fourth-order valence-electron chi connectivity index (χ4n) is 1.93. The summed E-state index contributed by atoms with van der Waals surface area (Å²) < 4.78 is 0. The molecule has 2 amide bonds. The van der Waals surface area contributed by atoms with Crippen LogP contribution in [0.25, 0.3) is 0 Å². The summed E-state index contributed by atoms with van der Waals surface area (Å²) in [5, 5.41) is 5.80. The molecule has 1 fully saturated rings. The molecule has 0 radical (unpaired) electrons. The molecule has 1 saturated carbocycles. The third kappa shape index (κ3) is 5.07. The molecule has 2 N–H and O–H groups in total. The fraction of sp³-hybridized carbons (Fsp3) is 0.857. The molecule has 4 heteroatoms. The Morgan fingerprint density at radius 2 is 1.72 bits per heavy atom. The van der Waals surface area contributed by atoms with Gasteiger partial charge < -0.3 is 10.6 Å². The second-order valence-corrected chi connectivity index (χ2v) is 5.59. The highest BCUT2D eigenvalue weighted by Gasteiger charge is 2.47. The predicted octanol–water partition coefficient (Wildman–Crippen LogP) is 1.70. The highest BCUT2D eigenvalue weighted by atomic mass is 16.2. The molecule has 18 heavy (non-hydrogen) atoms. The molecule has 2 atom stereocenters. The van der Waals surface area contributed by atoms with Gasteiger partial charge in [0, 0.05) is 13.1 Å². The Morgan fingerprint density at radius 1 is 1.11 bits per heavy atom. The van der Waals surface area contributed by atoms with Crippen LogP contribution in [-0.4, -0.2) is 24.9 Å². The molecular weight excluding hydrogens is 228 g/mol. The van der Waals surface area contributed by atoms with Crippen molar-refractivity contribution in [1.82, 2.24) is 10.6 Å². The molecule has 104 valence electrons. The summed E-state index contributed by atoms with van der Waals surface area (Å²) in [5.41, 5.74) is 0. The molecule has 0 heterocycles. The zero-order valence-corrected chi connectivity index (χ0v) is 11.8. The molecule has 0 aromatic heterocycles. The van der Waals surface area contributed by atoms with Crippen LogP contribution in [0, 0.1) is 17.8 Å². The quantitative estimate of drug-likeness (QED) is 0.648. The Labute approximate surface area is 110 Å². The first-order chi connectivity index (χ1) is 8.56. The number of unbranched alkanes of at least 4 members (excludes halogenated alkanes) is 2. The number of rotatable bonds is 8. The highest BCUT2D eigenvalue weighted by Crippen LogP contribution is 2.38. The van der Waals surface area contributed by atoms with Gasteiger partial charge in [-0.2, -0.15) is 0 Å². The SMILES string of the molecule is CCCCCNC(=O)C1CC1C(=O)NCC(C)C. The molecule has 0 saturated heterocycles. The smallest absolute Gasteiger partial charge is 0.223 e. The van der Waals surface area contributed by atoms with Crippen LogP contribution < -0.4 is 10.6 Å². The third-order valence-electron chi connectivity index (χ3n) is 3.23. The highest BCUT2D eigenvalue weighted by molar-refractivity contribution is 5.92. The zero-order valence-electron chi connectivity index (χ0n) is 11.8. The van der Waals surface area contributed by atoms with Gasteiger partial charge in [-0.25, -0.2) is 0 Å². The first kappa shape index (κ1) is 15.0. The lowest BCUT2D eigenvalue weighted by atomic mass is 10.2. The molecule has 1 rings (SSSR count). The molecule has 1 aliphatic carbocycles. The Morgan fingerprint density at radius 3 is 2.28 bits per heavy atom. The van der Waals surface area contributed by atoms with E-state index >= 15 is 0 Å². The summed E-state index contributed by atoms with van der Waals surface area (Å²) in [6.07, 6.45) is 4.03. The maximum absolute atomic E-state index is 11.7. The van der Waals surface area contributed by atoms with Crippen molar-refractivity contribution >= 4 is 11.8 Å². The zero-order chi connectivity index (χ0) is 13.5. The van der Waals surface area contributed by atoms with Crippen LogP contribution in [-0.2, 0) is 9.59 Å². The standard InChI is InChI=1S/C14H26N2O2/c1-4-5-6-7-15-13(17)11-8-12(11)14(18)16-9-10(2)3/h10-12H,4-9H2,1-3H3,(H,15,17)(H,16,18). The van der Waals surface area contributed by atoms with Crippen LogP contribution in [0.5, 0.6) is 0 Å². The molecular formula is C14H26N2O2. The van der Waals surface area contributed by atoms with Crippen molar-refractivity contribution in [2.45, 2.75) is 46.5 Å². The van der Waals surface area contributed by atoms with Crippen molar-refractivity contribution in [2.75, 3.05) is 13.1 Å². The number of carbonyl (C=O) groups excluding carboxylic acids is 2. The van der Waals surface area contributed by atoms with E-state index < -0.39 is 0 Å². The van der Waals surface area contributed by atoms with Crippen molar-refractivity contribution < 1.29 is 9.59 Å².